The Morgan fingerprint density at radius 3 is 2.71 bits per heavy atom. The van der Waals surface area contributed by atoms with Crippen molar-refractivity contribution in [1.29, 1.82) is 0 Å². The van der Waals surface area contributed by atoms with Crippen molar-refractivity contribution in [2.24, 2.45) is 0 Å². The number of hydrogen-bond acceptors (Lipinski definition) is 4. The molecule has 0 aliphatic carbocycles. The Labute approximate surface area is 110 Å². The molecule has 0 saturated carbocycles. The van der Waals surface area contributed by atoms with Gasteiger partial charge < -0.3 is 10.4 Å². The van der Waals surface area contributed by atoms with Gasteiger partial charge in [-0.25, -0.2) is 9.78 Å². The molecule has 0 amide bonds. The number of carbonyl (C=O) groups is 1. The number of carboxylic acid groups (broad SMARTS) is 1. The largest absolute Gasteiger partial charge is 0.478 e. The second-order valence-corrected chi connectivity index (χ2v) is 5.71. The first kappa shape index (κ1) is 12.1. The molecule has 0 unspecified atom stereocenters. The molecule has 0 spiro atoms. The summed E-state index contributed by atoms with van der Waals surface area (Å²) in [5, 5.41) is 11.8. The first-order valence-corrected chi connectivity index (χ1v) is 6.40. The smallest absolute Gasteiger partial charge is 0.339 e. The Kier molecular flexibility index (Phi) is 3.44. The Morgan fingerprint density at radius 1 is 1.41 bits per heavy atom. The number of hydrogen-bond donors (Lipinski definition) is 2. The van der Waals surface area contributed by atoms with Gasteiger partial charge in [0.25, 0.3) is 0 Å². The van der Waals surface area contributed by atoms with E-state index in [0.29, 0.717) is 5.82 Å². The normalized spacial score (nSPS) is 10.2. The van der Waals surface area contributed by atoms with Crippen LogP contribution in [0.2, 0.25) is 0 Å². The minimum Gasteiger partial charge on any atom is -0.478 e. The van der Waals surface area contributed by atoms with Crippen LogP contribution in [0.3, 0.4) is 0 Å². The maximum atomic E-state index is 10.9. The number of carboxylic acids is 1. The summed E-state index contributed by atoms with van der Waals surface area (Å²) >= 11 is 4.94. The standard InChI is InChI=1S/C11H9BrN2O2S/c1-13-10-6(11(15)16)2-3-7(14-10)8-4-5-9(12)17-8/h2-5H,1H3,(H,13,14)(H,15,16). The van der Waals surface area contributed by atoms with Crippen LogP contribution in [-0.2, 0) is 0 Å². The molecule has 0 atom stereocenters. The maximum absolute atomic E-state index is 10.9. The molecule has 17 heavy (non-hydrogen) atoms. The van der Waals surface area contributed by atoms with Crippen LogP contribution in [0.4, 0.5) is 5.82 Å². The zero-order valence-electron chi connectivity index (χ0n) is 8.90. The van der Waals surface area contributed by atoms with E-state index in [2.05, 4.69) is 26.2 Å². The molecule has 2 aromatic rings. The minimum atomic E-state index is -0.985. The zero-order chi connectivity index (χ0) is 12.4. The van der Waals surface area contributed by atoms with Crippen LogP contribution in [0.15, 0.2) is 28.1 Å². The van der Waals surface area contributed by atoms with E-state index in [1.54, 1.807) is 30.5 Å². The zero-order valence-corrected chi connectivity index (χ0v) is 11.3. The monoisotopic (exact) mass is 312 g/mol. The molecule has 0 saturated heterocycles. The van der Waals surface area contributed by atoms with Gasteiger partial charge in [0.1, 0.15) is 11.4 Å². The highest BCUT2D eigenvalue weighted by Crippen LogP contribution is 2.31. The van der Waals surface area contributed by atoms with Crippen LogP contribution in [0.1, 0.15) is 10.4 Å². The summed E-state index contributed by atoms with van der Waals surface area (Å²) in [5.74, 6) is -0.611. The van der Waals surface area contributed by atoms with Gasteiger partial charge in [0, 0.05) is 7.05 Å². The fourth-order valence-corrected chi connectivity index (χ4v) is 2.77. The number of rotatable bonds is 3. The van der Waals surface area contributed by atoms with E-state index < -0.39 is 5.97 Å². The summed E-state index contributed by atoms with van der Waals surface area (Å²) in [4.78, 5) is 16.2. The predicted octanol–water partition coefficient (Wildman–Crippen LogP) is 3.31. The molecule has 4 nitrogen and oxygen atoms in total. The van der Waals surface area contributed by atoms with Crippen LogP contribution in [-0.4, -0.2) is 23.1 Å². The second kappa shape index (κ2) is 4.85. The van der Waals surface area contributed by atoms with Crippen molar-refractivity contribution in [2.75, 3.05) is 12.4 Å². The van der Waals surface area contributed by atoms with Gasteiger partial charge in [-0.15, -0.1) is 11.3 Å². The first-order valence-electron chi connectivity index (χ1n) is 4.79. The summed E-state index contributed by atoms with van der Waals surface area (Å²) in [6.45, 7) is 0. The Hall–Kier alpha value is -1.40. The lowest BCUT2D eigenvalue weighted by molar-refractivity contribution is 0.0697. The number of nitrogens with one attached hydrogen (secondary N) is 1. The van der Waals surface area contributed by atoms with Gasteiger partial charge in [0.2, 0.25) is 0 Å². The molecule has 0 aliphatic rings. The molecule has 2 aromatic heterocycles. The van der Waals surface area contributed by atoms with Gasteiger partial charge in [-0.1, -0.05) is 0 Å². The third-order valence-electron chi connectivity index (χ3n) is 2.19. The van der Waals surface area contributed by atoms with Crippen molar-refractivity contribution in [1.82, 2.24) is 4.98 Å². The molecule has 88 valence electrons. The highest BCUT2D eigenvalue weighted by molar-refractivity contribution is 9.11. The molecule has 0 radical (unpaired) electrons. The van der Waals surface area contributed by atoms with Gasteiger partial charge in [-0.3, -0.25) is 0 Å². The van der Waals surface area contributed by atoms with Crippen molar-refractivity contribution in [2.45, 2.75) is 0 Å². The van der Waals surface area contributed by atoms with E-state index in [4.69, 9.17) is 5.11 Å². The van der Waals surface area contributed by atoms with Crippen molar-refractivity contribution in [3.63, 3.8) is 0 Å². The average Bonchev–Trinajstić information content (AvgIpc) is 2.75. The molecule has 2 N–H and O–H groups in total. The maximum Gasteiger partial charge on any atom is 0.339 e. The SMILES string of the molecule is CNc1nc(-c2ccc(Br)s2)ccc1C(=O)O. The Balaban J connectivity index is 2.48. The lowest BCUT2D eigenvalue weighted by Gasteiger charge is -2.06. The molecular weight excluding hydrogens is 304 g/mol. The number of thiophene rings is 1. The third-order valence-corrected chi connectivity index (χ3v) is 3.83. The van der Waals surface area contributed by atoms with E-state index in [-0.39, 0.29) is 5.56 Å². The number of anilines is 1. The van der Waals surface area contributed by atoms with Crippen molar-refractivity contribution < 1.29 is 9.90 Å². The van der Waals surface area contributed by atoms with Crippen molar-refractivity contribution >= 4 is 39.1 Å². The van der Waals surface area contributed by atoms with Crippen molar-refractivity contribution in [3.05, 3.63) is 33.6 Å². The highest BCUT2D eigenvalue weighted by atomic mass is 79.9. The van der Waals surface area contributed by atoms with E-state index >= 15 is 0 Å². The molecule has 6 heteroatoms. The molecule has 0 fully saturated rings. The summed E-state index contributed by atoms with van der Waals surface area (Å²) in [6.07, 6.45) is 0. The van der Waals surface area contributed by atoms with E-state index in [1.165, 1.54) is 0 Å². The Morgan fingerprint density at radius 2 is 2.18 bits per heavy atom. The van der Waals surface area contributed by atoms with E-state index in [9.17, 15) is 4.79 Å². The number of pyridine rings is 1. The molecule has 2 rings (SSSR count). The van der Waals surface area contributed by atoms with Gasteiger partial charge in [0.15, 0.2) is 0 Å². The number of aromatic carboxylic acids is 1. The third kappa shape index (κ3) is 2.48. The fourth-order valence-electron chi connectivity index (χ4n) is 1.41. The summed E-state index contributed by atoms with van der Waals surface area (Å²) in [7, 11) is 1.66. The minimum absolute atomic E-state index is 0.173. The first-order chi connectivity index (χ1) is 8.11. The Bertz CT molecular complexity index is 568. The summed E-state index contributed by atoms with van der Waals surface area (Å²) in [5.41, 5.74) is 0.932. The van der Waals surface area contributed by atoms with Crippen LogP contribution in [0.25, 0.3) is 10.6 Å². The molecule has 0 aromatic carbocycles. The number of aromatic nitrogens is 1. The van der Waals surface area contributed by atoms with E-state index in [1.807, 2.05) is 12.1 Å². The van der Waals surface area contributed by atoms with Crippen LogP contribution in [0, 0.1) is 0 Å². The average molecular weight is 313 g/mol. The lowest BCUT2D eigenvalue weighted by atomic mass is 10.2. The number of halogens is 1. The van der Waals surface area contributed by atoms with Gasteiger partial charge in [0.05, 0.1) is 14.4 Å². The van der Waals surface area contributed by atoms with Crippen LogP contribution >= 0.6 is 27.3 Å². The quantitative estimate of drug-likeness (QED) is 0.912. The van der Waals surface area contributed by atoms with Gasteiger partial charge in [-0.2, -0.15) is 0 Å². The van der Waals surface area contributed by atoms with E-state index in [0.717, 1.165) is 14.4 Å². The van der Waals surface area contributed by atoms with Crippen LogP contribution in [0.5, 0.6) is 0 Å². The second-order valence-electron chi connectivity index (χ2n) is 3.25. The fraction of sp³-hybridized carbons (Fsp3) is 0.0909. The van der Waals surface area contributed by atoms with Gasteiger partial charge >= 0.3 is 5.97 Å². The van der Waals surface area contributed by atoms with Gasteiger partial charge in [-0.05, 0) is 40.2 Å². The van der Waals surface area contributed by atoms with Crippen molar-refractivity contribution in [3.8, 4) is 10.6 Å². The molecule has 0 aliphatic heterocycles. The topological polar surface area (TPSA) is 62.2 Å². The molecule has 0 bridgehead atoms. The molecular formula is C11H9BrN2O2S. The highest BCUT2D eigenvalue weighted by Gasteiger charge is 2.12. The summed E-state index contributed by atoms with van der Waals surface area (Å²) in [6, 6.07) is 7.15. The van der Waals surface area contributed by atoms with Crippen LogP contribution < -0.4 is 5.32 Å². The molecule has 2 heterocycles. The summed E-state index contributed by atoms with van der Waals surface area (Å²) < 4.78 is 1.02. The number of nitrogens with zero attached hydrogens (tertiary/aromatic N) is 1. The lowest BCUT2D eigenvalue weighted by Crippen LogP contribution is -2.05. The predicted molar refractivity (Wildman–Crippen MR) is 71.8 cm³/mol.